The molecule has 0 bridgehead atoms. The summed E-state index contributed by atoms with van der Waals surface area (Å²) in [5, 5.41) is 3.09. The summed E-state index contributed by atoms with van der Waals surface area (Å²) in [6, 6.07) is 6.34. The van der Waals surface area contributed by atoms with E-state index in [1.54, 1.807) is 0 Å². The van der Waals surface area contributed by atoms with Crippen LogP contribution >= 0.6 is 0 Å². The third-order valence-electron chi connectivity index (χ3n) is 4.33. The molecule has 20 heavy (non-hydrogen) atoms. The molecule has 1 N–H and O–H groups in total. The molecule has 3 heteroatoms. The van der Waals surface area contributed by atoms with Gasteiger partial charge in [0.25, 0.3) is 5.91 Å². The van der Waals surface area contributed by atoms with Crippen molar-refractivity contribution >= 4 is 12.0 Å². The first-order chi connectivity index (χ1) is 9.54. The Morgan fingerprint density at radius 1 is 1.35 bits per heavy atom. The van der Waals surface area contributed by atoms with Gasteiger partial charge in [0.15, 0.2) is 0 Å². The molecule has 1 amide bonds. The summed E-state index contributed by atoms with van der Waals surface area (Å²) < 4.78 is 0. The van der Waals surface area contributed by atoms with Crippen LogP contribution < -0.4 is 5.32 Å². The summed E-state index contributed by atoms with van der Waals surface area (Å²) >= 11 is 0. The van der Waals surface area contributed by atoms with Gasteiger partial charge in [0, 0.05) is 31.1 Å². The van der Waals surface area contributed by atoms with Crippen LogP contribution in [0.3, 0.4) is 0 Å². The van der Waals surface area contributed by atoms with Crippen molar-refractivity contribution in [3.63, 3.8) is 0 Å². The van der Waals surface area contributed by atoms with E-state index >= 15 is 0 Å². The first-order valence-corrected chi connectivity index (χ1v) is 7.30. The van der Waals surface area contributed by atoms with Crippen molar-refractivity contribution in [3.8, 4) is 0 Å². The number of likely N-dealkylation sites (N-methyl/N-ethyl adjacent to an activating group) is 1. The van der Waals surface area contributed by atoms with Crippen LogP contribution in [0.25, 0.3) is 6.08 Å². The molecule has 3 nitrogen and oxygen atoms in total. The first-order valence-electron chi connectivity index (χ1n) is 7.30. The molecule has 2 aliphatic rings. The highest BCUT2D eigenvalue weighted by Gasteiger charge is 2.36. The van der Waals surface area contributed by atoms with E-state index in [0.717, 1.165) is 30.8 Å². The lowest BCUT2D eigenvalue weighted by atomic mass is 9.86. The molecular weight excluding hydrogens is 248 g/mol. The highest BCUT2D eigenvalue weighted by Crippen LogP contribution is 2.35. The zero-order valence-electron chi connectivity index (χ0n) is 12.4. The van der Waals surface area contributed by atoms with Crippen LogP contribution in [0.5, 0.6) is 0 Å². The lowest BCUT2D eigenvalue weighted by Gasteiger charge is -2.16. The van der Waals surface area contributed by atoms with E-state index in [0.29, 0.717) is 11.8 Å². The van der Waals surface area contributed by atoms with Crippen molar-refractivity contribution in [3.05, 3.63) is 40.5 Å². The minimum atomic E-state index is 0.0843. The van der Waals surface area contributed by atoms with Gasteiger partial charge in [0.2, 0.25) is 0 Å². The van der Waals surface area contributed by atoms with Crippen molar-refractivity contribution in [1.82, 2.24) is 10.2 Å². The third-order valence-corrected chi connectivity index (χ3v) is 4.33. The molecule has 1 aromatic carbocycles. The number of nitrogens with zero attached hydrogens (tertiary/aromatic N) is 1. The second-order valence-electron chi connectivity index (χ2n) is 6.37. The van der Waals surface area contributed by atoms with Crippen molar-refractivity contribution in [2.75, 3.05) is 26.7 Å². The van der Waals surface area contributed by atoms with Gasteiger partial charge in [-0.2, -0.15) is 0 Å². The number of carbonyl (C=O) groups is 1. The summed E-state index contributed by atoms with van der Waals surface area (Å²) in [6.45, 7) is 7.07. The third kappa shape index (κ3) is 2.38. The maximum Gasteiger partial charge on any atom is 0.251 e. The first kappa shape index (κ1) is 13.4. The maximum atomic E-state index is 12.3. The van der Waals surface area contributed by atoms with Gasteiger partial charge in [-0.1, -0.05) is 23.8 Å². The summed E-state index contributed by atoms with van der Waals surface area (Å²) in [6.07, 6.45) is 2.12. The van der Waals surface area contributed by atoms with Gasteiger partial charge in [-0.3, -0.25) is 4.79 Å². The number of hydrogen-bond donors (Lipinski definition) is 1. The monoisotopic (exact) mass is 270 g/mol. The van der Waals surface area contributed by atoms with Gasteiger partial charge in [-0.25, -0.2) is 0 Å². The zero-order chi connectivity index (χ0) is 14.3. The van der Waals surface area contributed by atoms with Gasteiger partial charge in [-0.15, -0.1) is 0 Å². The second kappa shape index (κ2) is 5.06. The lowest BCUT2D eigenvalue weighted by Crippen LogP contribution is -2.29. The van der Waals surface area contributed by atoms with E-state index in [4.69, 9.17) is 0 Å². The van der Waals surface area contributed by atoms with Crippen molar-refractivity contribution in [1.29, 1.82) is 0 Å². The highest BCUT2D eigenvalue weighted by molar-refractivity contribution is 5.97. The Morgan fingerprint density at radius 2 is 2.15 bits per heavy atom. The molecule has 2 aliphatic heterocycles. The van der Waals surface area contributed by atoms with Crippen LogP contribution in [-0.2, 0) is 0 Å². The Labute approximate surface area is 120 Å². The van der Waals surface area contributed by atoms with E-state index in [1.165, 1.54) is 11.1 Å². The summed E-state index contributed by atoms with van der Waals surface area (Å²) in [5.41, 5.74) is 4.45. The van der Waals surface area contributed by atoms with E-state index in [2.05, 4.69) is 49.3 Å². The van der Waals surface area contributed by atoms with Gasteiger partial charge in [0.05, 0.1) is 0 Å². The Kier molecular flexibility index (Phi) is 3.38. The molecule has 2 heterocycles. The highest BCUT2D eigenvalue weighted by atomic mass is 16.1. The van der Waals surface area contributed by atoms with Gasteiger partial charge in [-0.05, 0) is 44.0 Å². The fourth-order valence-electron chi connectivity index (χ4n) is 3.48. The van der Waals surface area contributed by atoms with Crippen molar-refractivity contribution < 1.29 is 4.79 Å². The largest absolute Gasteiger partial charge is 0.352 e. The number of benzene rings is 1. The number of carbonyl (C=O) groups excluding carboxylic acids is 1. The molecule has 106 valence electrons. The molecule has 0 radical (unpaired) electrons. The molecular formula is C17H22N2O. The second-order valence-corrected chi connectivity index (χ2v) is 6.37. The van der Waals surface area contributed by atoms with Crippen LogP contribution in [0.1, 0.15) is 41.3 Å². The van der Waals surface area contributed by atoms with E-state index < -0.39 is 0 Å². The number of allylic oxidation sites excluding steroid dienone is 1. The summed E-state index contributed by atoms with van der Waals surface area (Å²) in [7, 11) is 2.16. The fraction of sp³-hybridized carbons (Fsp3) is 0.471. The average molecular weight is 270 g/mol. The van der Waals surface area contributed by atoms with E-state index in [1.807, 2.05) is 6.07 Å². The topological polar surface area (TPSA) is 32.3 Å². The molecule has 0 spiro atoms. The van der Waals surface area contributed by atoms with Crippen molar-refractivity contribution in [2.45, 2.75) is 19.8 Å². The lowest BCUT2D eigenvalue weighted by molar-refractivity contribution is 0.0951. The molecule has 2 atom stereocenters. The number of fused-ring (bicyclic) bond motifs is 3. The summed E-state index contributed by atoms with van der Waals surface area (Å²) in [4.78, 5) is 14.7. The number of hydrogen-bond acceptors (Lipinski definition) is 2. The standard InChI is InChI=1S/C17H22N2O/c1-11(2)6-12-4-5-14-15(7-12)17(20)18-8-13-9-19(3)10-16(13)14/h4-7,13,16H,8-10H2,1-3H3,(H,18,20)/t13-,16?/m0/s1. The van der Waals surface area contributed by atoms with E-state index in [9.17, 15) is 4.79 Å². The molecule has 0 aliphatic carbocycles. The molecule has 1 fully saturated rings. The smallest absolute Gasteiger partial charge is 0.251 e. The zero-order valence-corrected chi connectivity index (χ0v) is 12.4. The van der Waals surface area contributed by atoms with Gasteiger partial charge < -0.3 is 10.2 Å². The molecule has 1 aromatic rings. The normalized spacial score (nSPS) is 25.4. The van der Waals surface area contributed by atoms with Gasteiger partial charge in [0.1, 0.15) is 0 Å². The quantitative estimate of drug-likeness (QED) is 0.850. The Bertz CT molecular complexity index is 572. The number of rotatable bonds is 1. The SMILES string of the molecule is CC(C)=Cc1ccc2c(c1)C(=O)NC[C@H]1CN(C)CC21. The Morgan fingerprint density at radius 3 is 2.90 bits per heavy atom. The van der Waals surface area contributed by atoms with Crippen molar-refractivity contribution in [2.24, 2.45) is 5.92 Å². The summed E-state index contributed by atoms with van der Waals surface area (Å²) in [5.74, 6) is 1.11. The predicted octanol–water partition coefficient (Wildman–Crippen LogP) is 2.50. The maximum absolute atomic E-state index is 12.3. The predicted molar refractivity (Wildman–Crippen MR) is 81.8 cm³/mol. The number of nitrogens with one attached hydrogen (secondary N) is 1. The van der Waals surface area contributed by atoms with Crippen LogP contribution in [0.2, 0.25) is 0 Å². The fourth-order valence-corrected chi connectivity index (χ4v) is 3.48. The minimum Gasteiger partial charge on any atom is -0.352 e. The molecule has 0 saturated carbocycles. The molecule has 1 saturated heterocycles. The number of amides is 1. The average Bonchev–Trinajstić information content (AvgIpc) is 2.71. The number of likely N-dealkylation sites (tertiary alicyclic amines) is 1. The van der Waals surface area contributed by atoms with E-state index in [-0.39, 0.29) is 5.91 Å². The molecule has 0 aromatic heterocycles. The van der Waals surface area contributed by atoms with Gasteiger partial charge >= 0.3 is 0 Å². The van der Waals surface area contributed by atoms with Crippen LogP contribution in [0.15, 0.2) is 23.8 Å². The van der Waals surface area contributed by atoms with Crippen LogP contribution in [-0.4, -0.2) is 37.5 Å². The molecule has 1 unspecified atom stereocenters. The van der Waals surface area contributed by atoms with Crippen LogP contribution in [0.4, 0.5) is 0 Å². The minimum absolute atomic E-state index is 0.0843. The Balaban J connectivity index is 2.05. The van der Waals surface area contributed by atoms with Crippen LogP contribution in [0, 0.1) is 5.92 Å². The Hall–Kier alpha value is -1.61. The molecule has 3 rings (SSSR count).